The molecule has 146 valence electrons. The molecule has 3 heterocycles. The molecule has 0 aliphatic heterocycles. The van der Waals surface area contributed by atoms with Crippen molar-refractivity contribution in [2.75, 3.05) is 11.1 Å². The largest absolute Gasteiger partial charge is 0.360 e. The quantitative estimate of drug-likeness (QED) is 0.400. The number of hydrogen-bond donors (Lipinski definition) is 1. The first kappa shape index (κ1) is 18.9. The number of aryl methyl sites for hydroxylation is 2. The molecule has 0 unspecified atom stereocenters. The van der Waals surface area contributed by atoms with Crippen LogP contribution in [0.25, 0.3) is 16.7 Å². The van der Waals surface area contributed by atoms with Gasteiger partial charge in [-0.1, -0.05) is 35.1 Å². The molecule has 0 spiro atoms. The highest BCUT2D eigenvalue weighted by Gasteiger charge is 2.17. The van der Waals surface area contributed by atoms with E-state index in [0.29, 0.717) is 33.5 Å². The lowest BCUT2D eigenvalue weighted by molar-refractivity contribution is -0.113. The molecule has 29 heavy (non-hydrogen) atoms. The van der Waals surface area contributed by atoms with Crippen molar-refractivity contribution in [3.63, 3.8) is 0 Å². The predicted molar refractivity (Wildman–Crippen MR) is 110 cm³/mol. The summed E-state index contributed by atoms with van der Waals surface area (Å²) in [5.74, 6) is 1.20. The number of pyridine rings is 1. The average molecular weight is 407 g/mol. The van der Waals surface area contributed by atoms with E-state index < -0.39 is 0 Å². The van der Waals surface area contributed by atoms with Crippen LogP contribution in [-0.2, 0) is 4.79 Å². The van der Waals surface area contributed by atoms with Crippen LogP contribution < -0.4 is 10.9 Å². The molecule has 0 radical (unpaired) electrons. The Morgan fingerprint density at radius 3 is 2.79 bits per heavy atom. The zero-order valence-corrected chi connectivity index (χ0v) is 16.6. The van der Waals surface area contributed by atoms with Crippen LogP contribution in [0, 0.1) is 13.8 Å². The monoisotopic (exact) mass is 407 g/mol. The fourth-order valence-corrected chi connectivity index (χ4v) is 3.64. The number of hydrogen-bond acceptors (Lipinski definition) is 7. The van der Waals surface area contributed by atoms with E-state index in [0.717, 1.165) is 17.3 Å². The Morgan fingerprint density at radius 2 is 2.03 bits per heavy atom. The second kappa shape index (κ2) is 7.88. The molecule has 0 bridgehead atoms. The molecule has 0 saturated carbocycles. The van der Waals surface area contributed by atoms with E-state index >= 15 is 0 Å². The van der Waals surface area contributed by atoms with Crippen molar-refractivity contribution in [3.8, 4) is 5.82 Å². The van der Waals surface area contributed by atoms with Crippen LogP contribution >= 0.6 is 11.8 Å². The maximum Gasteiger partial charge on any atom is 0.267 e. The minimum absolute atomic E-state index is 0.0442. The lowest BCUT2D eigenvalue weighted by atomic mass is 10.2. The second-order valence-electron chi connectivity index (χ2n) is 6.36. The lowest BCUT2D eigenvalue weighted by Crippen LogP contribution is -2.24. The van der Waals surface area contributed by atoms with Gasteiger partial charge in [0.05, 0.1) is 16.7 Å². The van der Waals surface area contributed by atoms with Gasteiger partial charge in [-0.3, -0.25) is 9.59 Å². The first-order valence-electron chi connectivity index (χ1n) is 8.82. The van der Waals surface area contributed by atoms with Crippen molar-refractivity contribution >= 4 is 34.4 Å². The van der Waals surface area contributed by atoms with Gasteiger partial charge in [0.2, 0.25) is 5.91 Å². The van der Waals surface area contributed by atoms with Crippen LogP contribution in [0.3, 0.4) is 0 Å². The summed E-state index contributed by atoms with van der Waals surface area (Å²) in [5.41, 5.74) is 1.17. The van der Waals surface area contributed by atoms with E-state index in [2.05, 4.69) is 20.4 Å². The highest BCUT2D eigenvalue weighted by Crippen LogP contribution is 2.22. The third kappa shape index (κ3) is 3.90. The van der Waals surface area contributed by atoms with E-state index in [1.807, 2.05) is 19.1 Å². The fourth-order valence-electron chi connectivity index (χ4n) is 2.84. The summed E-state index contributed by atoms with van der Waals surface area (Å²) in [6.45, 7) is 3.61. The second-order valence-corrected chi connectivity index (χ2v) is 7.30. The summed E-state index contributed by atoms with van der Waals surface area (Å²) in [4.78, 5) is 34.5. The molecule has 3 aromatic heterocycles. The van der Waals surface area contributed by atoms with E-state index in [4.69, 9.17) is 4.52 Å². The zero-order chi connectivity index (χ0) is 20.4. The van der Waals surface area contributed by atoms with Crippen molar-refractivity contribution in [2.24, 2.45) is 0 Å². The van der Waals surface area contributed by atoms with Crippen LogP contribution in [0.4, 0.5) is 5.82 Å². The highest BCUT2D eigenvalue weighted by atomic mass is 32.2. The Morgan fingerprint density at radius 1 is 1.21 bits per heavy atom. The van der Waals surface area contributed by atoms with Gasteiger partial charge < -0.3 is 9.84 Å². The summed E-state index contributed by atoms with van der Waals surface area (Å²) in [6.07, 6.45) is 1.62. The fraction of sp³-hybridized carbons (Fsp3) is 0.150. The average Bonchev–Trinajstić information content (AvgIpc) is 3.12. The Balaban J connectivity index is 1.71. The van der Waals surface area contributed by atoms with Gasteiger partial charge in [-0.15, -0.1) is 0 Å². The maximum atomic E-state index is 13.2. The first-order chi connectivity index (χ1) is 14.0. The molecule has 4 aromatic rings. The summed E-state index contributed by atoms with van der Waals surface area (Å²) >= 11 is 1.16. The van der Waals surface area contributed by atoms with Gasteiger partial charge in [-0.05, 0) is 37.6 Å². The van der Waals surface area contributed by atoms with Gasteiger partial charge in [0.25, 0.3) is 5.56 Å². The van der Waals surface area contributed by atoms with Crippen molar-refractivity contribution in [3.05, 3.63) is 70.3 Å². The molecular formula is C20H17N5O3S. The van der Waals surface area contributed by atoms with Gasteiger partial charge in [0, 0.05) is 12.3 Å². The van der Waals surface area contributed by atoms with Crippen LogP contribution in [-0.4, -0.2) is 31.4 Å². The Hall–Kier alpha value is -3.46. The number of rotatable bonds is 5. The highest BCUT2D eigenvalue weighted by molar-refractivity contribution is 7.99. The number of carbonyl (C=O) groups excluding carboxylic acids is 1. The minimum Gasteiger partial charge on any atom is -0.360 e. The summed E-state index contributed by atoms with van der Waals surface area (Å²) in [7, 11) is 0. The third-order valence-corrected chi connectivity index (χ3v) is 5.10. The van der Waals surface area contributed by atoms with Gasteiger partial charge in [0.1, 0.15) is 11.6 Å². The predicted octanol–water partition coefficient (Wildman–Crippen LogP) is 3.12. The summed E-state index contributed by atoms with van der Waals surface area (Å²) in [6, 6.07) is 12.4. The number of para-hydroxylation sites is 1. The van der Waals surface area contributed by atoms with Crippen LogP contribution in [0.1, 0.15) is 11.3 Å². The molecule has 1 N–H and O–H groups in total. The van der Waals surface area contributed by atoms with E-state index in [1.165, 1.54) is 4.57 Å². The number of nitrogens with zero attached hydrogens (tertiary/aromatic N) is 4. The smallest absolute Gasteiger partial charge is 0.267 e. The maximum absolute atomic E-state index is 13.2. The molecule has 0 aliphatic rings. The number of amides is 1. The van der Waals surface area contributed by atoms with E-state index in [1.54, 1.807) is 43.5 Å². The van der Waals surface area contributed by atoms with E-state index in [9.17, 15) is 9.59 Å². The van der Waals surface area contributed by atoms with Crippen LogP contribution in [0.5, 0.6) is 0 Å². The Kier molecular flexibility index (Phi) is 5.13. The molecular weight excluding hydrogens is 390 g/mol. The molecule has 8 nitrogen and oxygen atoms in total. The molecule has 0 fully saturated rings. The number of benzene rings is 1. The van der Waals surface area contributed by atoms with Crippen molar-refractivity contribution < 1.29 is 9.32 Å². The molecule has 1 amide bonds. The van der Waals surface area contributed by atoms with Gasteiger partial charge >= 0.3 is 0 Å². The normalized spacial score (nSPS) is 11.0. The number of nitrogens with one attached hydrogen (secondary N) is 1. The van der Waals surface area contributed by atoms with Crippen LogP contribution in [0.15, 0.2) is 63.1 Å². The van der Waals surface area contributed by atoms with E-state index in [-0.39, 0.29) is 17.2 Å². The van der Waals surface area contributed by atoms with Crippen molar-refractivity contribution in [1.29, 1.82) is 0 Å². The molecule has 0 aliphatic carbocycles. The molecule has 9 heteroatoms. The standard InChI is InChI=1S/C20H17N5O3S/c1-12-6-5-9-21-18(12)25-19(27)14-7-3-4-8-15(14)22-20(25)29-11-17(26)23-16-10-13(2)28-24-16/h3-10H,11H2,1-2H3,(H,23,24,26). The summed E-state index contributed by atoms with van der Waals surface area (Å²) < 4.78 is 6.40. The first-order valence-corrected chi connectivity index (χ1v) is 9.81. The van der Waals surface area contributed by atoms with Crippen molar-refractivity contribution in [2.45, 2.75) is 19.0 Å². The van der Waals surface area contributed by atoms with Gasteiger partial charge in [-0.2, -0.15) is 0 Å². The molecule has 1 aromatic carbocycles. The minimum atomic E-state index is -0.282. The summed E-state index contributed by atoms with van der Waals surface area (Å²) in [5, 5.41) is 7.29. The number of aromatic nitrogens is 4. The molecule has 0 saturated heterocycles. The number of anilines is 1. The van der Waals surface area contributed by atoms with Gasteiger partial charge in [-0.25, -0.2) is 14.5 Å². The van der Waals surface area contributed by atoms with Crippen molar-refractivity contribution in [1.82, 2.24) is 19.7 Å². The SMILES string of the molecule is Cc1cc(NC(=O)CSc2nc3ccccc3c(=O)n2-c2ncccc2C)no1. The van der Waals surface area contributed by atoms with Crippen LogP contribution in [0.2, 0.25) is 0 Å². The lowest BCUT2D eigenvalue weighted by Gasteiger charge is -2.13. The topological polar surface area (TPSA) is 103 Å². The third-order valence-electron chi connectivity index (χ3n) is 4.17. The Labute approximate surface area is 170 Å². The number of carbonyl (C=O) groups is 1. The molecule has 0 atom stereocenters. The zero-order valence-electron chi connectivity index (χ0n) is 15.7. The van der Waals surface area contributed by atoms with Gasteiger partial charge in [0.15, 0.2) is 11.0 Å². The Bertz CT molecular complexity index is 1260. The number of thioether (sulfide) groups is 1. The number of fused-ring (bicyclic) bond motifs is 1. The molecule has 4 rings (SSSR count).